The van der Waals surface area contributed by atoms with Gasteiger partial charge >= 0.3 is 0 Å². The molecular weight excluding hydrogens is 448 g/mol. The molecule has 1 aliphatic rings. The quantitative estimate of drug-likeness (QED) is 0.461. The van der Waals surface area contributed by atoms with Crippen LogP contribution in [0.3, 0.4) is 0 Å². The first-order valence-electron chi connectivity index (χ1n) is 10.4. The third-order valence-corrected chi connectivity index (χ3v) is 8.49. The van der Waals surface area contributed by atoms with E-state index in [1.54, 1.807) is 43.5 Å². The largest absolute Gasteiger partial charge is 0.497 e. The average molecular weight is 471 g/mol. The fourth-order valence-corrected chi connectivity index (χ4v) is 6.78. The fraction of sp³-hybridized carbons (Fsp3) is 0.318. The molecule has 0 aliphatic heterocycles. The van der Waals surface area contributed by atoms with Crippen molar-refractivity contribution in [3.63, 3.8) is 0 Å². The van der Waals surface area contributed by atoms with Crippen molar-refractivity contribution in [2.75, 3.05) is 7.11 Å². The van der Waals surface area contributed by atoms with Gasteiger partial charge in [-0.2, -0.15) is 13.1 Å². The van der Waals surface area contributed by atoms with Gasteiger partial charge in [0, 0.05) is 29.1 Å². The second kappa shape index (κ2) is 8.27. The average Bonchev–Trinajstić information content (AvgIpc) is 3.48. The SMILES string of the molecule is COc1ccc2[nH]c(=O)c(CN(C3CCCC3)S(=O)(=O)c3cccc4nsnc34)cc2c1. The van der Waals surface area contributed by atoms with Gasteiger partial charge in [0.2, 0.25) is 10.0 Å². The van der Waals surface area contributed by atoms with E-state index < -0.39 is 10.0 Å². The number of ether oxygens (including phenoxy) is 1. The highest BCUT2D eigenvalue weighted by atomic mass is 32.2. The minimum atomic E-state index is -3.90. The zero-order valence-electron chi connectivity index (χ0n) is 17.4. The van der Waals surface area contributed by atoms with Crippen molar-refractivity contribution in [2.24, 2.45) is 0 Å². The molecule has 2 aromatic heterocycles. The Morgan fingerprint density at radius 3 is 2.75 bits per heavy atom. The second-order valence-electron chi connectivity index (χ2n) is 7.95. The Balaban J connectivity index is 1.61. The molecule has 0 amide bonds. The molecule has 1 aliphatic carbocycles. The summed E-state index contributed by atoms with van der Waals surface area (Å²) >= 11 is 0.989. The van der Waals surface area contributed by atoms with Crippen LogP contribution < -0.4 is 10.3 Å². The van der Waals surface area contributed by atoms with Gasteiger partial charge in [-0.15, -0.1) is 0 Å². The van der Waals surface area contributed by atoms with E-state index in [2.05, 4.69) is 13.7 Å². The lowest BCUT2D eigenvalue weighted by atomic mass is 10.1. The van der Waals surface area contributed by atoms with Crippen LogP contribution in [0.2, 0.25) is 0 Å². The second-order valence-corrected chi connectivity index (χ2v) is 10.3. The molecule has 0 spiro atoms. The standard InChI is InChI=1S/C22H22N4O4S2/c1-30-17-9-10-18-14(12-17)11-15(22(27)23-18)13-26(16-5-2-3-6-16)32(28,29)20-8-4-7-19-21(20)25-31-24-19/h4,7-12,16H,2-3,5-6,13H2,1H3,(H,23,27). The number of hydrogen-bond donors (Lipinski definition) is 1. The van der Waals surface area contributed by atoms with Crippen molar-refractivity contribution in [3.05, 3.63) is 58.4 Å². The summed E-state index contributed by atoms with van der Waals surface area (Å²) in [6.45, 7) is -0.0105. The van der Waals surface area contributed by atoms with Gasteiger partial charge in [-0.05, 0) is 49.2 Å². The van der Waals surface area contributed by atoms with E-state index in [1.165, 1.54) is 4.31 Å². The summed E-state index contributed by atoms with van der Waals surface area (Å²) in [7, 11) is -2.32. The monoisotopic (exact) mass is 470 g/mol. The molecule has 1 fully saturated rings. The van der Waals surface area contributed by atoms with E-state index in [1.807, 2.05) is 6.07 Å². The van der Waals surface area contributed by atoms with Gasteiger partial charge in [0.25, 0.3) is 5.56 Å². The Morgan fingerprint density at radius 1 is 1.16 bits per heavy atom. The van der Waals surface area contributed by atoms with Crippen molar-refractivity contribution in [1.82, 2.24) is 18.0 Å². The molecule has 5 rings (SSSR count). The van der Waals surface area contributed by atoms with Crippen LogP contribution in [0.1, 0.15) is 31.2 Å². The van der Waals surface area contributed by atoms with Crippen molar-refractivity contribution in [2.45, 2.75) is 43.2 Å². The van der Waals surface area contributed by atoms with Crippen LogP contribution in [-0.2, 0) is 16.6 Å². The highest BCUT2D eigenvalue weighted by molar-refractivity contribution is 7.89. The van der Waals surface area contributed by atoms with Gasteiger partial charge in [0.1, 0.15) is 21.7 Å². The molecule has 0 bridgehead atoms. The Labute approximate surface area is 189 Å². The Bertz CT molecular complexity index is 1460. The number of rotatable bonds is 6. The van der Waals surface area contributed by atoms with Gasteiger partial charge in [0.15, 0.2) is 0 Å². The predicted molar refractivity (Wildman–Crippen MR) is 124 cm³/mol. The summed E-state index contributed by atoms with van der Waals surface area (Å²) in [4.78, 5) is 15.8. The van der Waals surface area contributed by atoms with Gasteiger partial charge in [-0.1, -0.05) is 18.9 Å². The number of aromatic nitrogens is 3. The predicted octanol–water partition coefficient (Wildman–Crippen LogP) is 3.67. The molecular formula is C22H22N4O4S2. The Kier molecular flexibility index (Phi) is 5.44. The van der Waals surface area contributed by atoms with E-state index in [4.69, 9.17) is 4.74 Å². The maximum absolute atomic E-state index is 13.8. The molecule has 2 heterocycles. The van der Waals surface area contributed by atoms with Crippen LogP contribution in [0.25, 0.3) is 21.9 Å². The summed E-state index contributed by atoms with van der Waals surface area (Å²) in [5.41, 5.74) is 1.70. The van der Waals surface area contributed by atoms with Gasteiger partial charge in [-0.25, -0.2) is 8.42 Å². The summed E-state index contributed by atoms with van der Waals surface area (Å²) in [5.74, 6) is 0.665. The number of methoxy groups -OCH3 is 1. The minimum absolute atomic E-state index is 0.0105. The lowest BCUT2D eigenvalue weighted by Gasteiger charge is -2.28. The van der Waals surface area contributed by atoms with Crippen LogP contribution >= 0.6 is 11.7 Å². The summed E-state index contributed by atoms with van der Waals surface area (Å²) in [5, 5.41) is 0.786. The molecule has 0 atom stereocenters. The maximum Gasteiger partial charge on any atom is 0.252 e. The topological polar surface area (TPSA) is 105 Å². The summed E-state index contributed by atoms with van der Waals surface area (Å²) in [6, 6.07) is 12.0. The van der Waals surface area contributed by atoms with Crippen molar-refractivity contribution in [1.29, 1.82) is 0 Å². The van der Waals surface area contributed by atoms with Gasteiger partial charge < -0.3 is 9.72 Å². The first-order valence-corrected chi connectivity index (χ1v) is 12.6. The fourth-order valence-electron chi connectivity index (χ4n) is 4.36. The van der Waals surface area contributed by atoms with Crippen LogP contribution in [-0.4, -0.2) is 39.6 Å². The number of fused-ring (bicyclic) bond motifs is 2. The number of H-pyrrole nitrogens is 1. The van der Waals surface area contributed by atoms with E-state index in [-0.39, 0.29) is 23.0 Å². The third-order valence-electron chi connectivity index (χ3n) is 6.02. The molecule has 0 saturated heterocycles. The normalized spacial score (nSPS) is 15.2. The molecule has 32 heavy (non-hydrogen) atoms. The summed E-state index contributed by atoms with van der Waals surface area (Å²) in [6.07, 6.45) is 3.46. The third kappa shape index (κ3) is 3.68. The number of benzene rings is 2. The number of nitrogens with one attached hydrogen (secondary N) is 1. The number of aromatic amines is 1. The Hall–Kier alpha value is -2.82. The van der Waals surface area contributed by atoms with Crippen molar-refractivity contribution < 1.29 is 13.2 Å². The summed E-state index contributed by atoms with van der Waals surface area (Å²) < 4.78 is 42.9. The van der Waals surface area contributed by atoms with E-state index in [9.17, 15) is 13.2 Å². The van der Waals surface area contributed by atoms with Crippen molar-refractivity contribution in [3.8, 4) is 5.75 Å². The van der Waals surface area contributed by atoms with Crippen molar-refractivity contribution >= 4 is 43.7 Å². The van der Waals surface area contributed by atoms with Gasteiger partial charge in [-0.3, -0.25) is 4.79 Å². The molecule has 0 unspecified atom stereocenters. The molecule has 0 radical (unpaired) electrons. The molecule has 10 heteroatoms. The Morgan fingerprint density at radius 2 is 1.97 bits per heavy atom. The van der Waals surface area contributed by atoms with E-state index in [0.29, 0.717) is 27.9 Å². The van der Waals surface area contributed by atoms with Crippen LogP contribution in [0, 0.1) is 0 Å². The lowest BCUT2D eigenvalue weighted by molar-refractivity contribution is 0.315. The van der Waals surface area contributed by atoms with E-state index in [0.717, 1.165) is 42.8 Å². The lowest BCUT2D eigenvalue weighted by Crippen LogP contribution is -2.39. The highest BCUT2D eigenvalue weighted by Gasteiger charge is 2.35. The first-order chi connectivity index (χ1) is 15.5. The minimum Gasteiger partial charge on any atom is -0.497 e. The first kappa shape index (κ1) is 21.0. The van der Waals surface area contributed by atoms with Crippen LogP contribution in [0.5, 0.6) is 5.75 Å². The van der Waals surface area contributed by atoms with Gasteiger partial charge in [0.05, 0.1) is 18.8 Å². The van der Waals surface area contributed by atoms with Crippen LogP contribution in [0.4, 0.5) is 0 Å². The number of nitrogens with zero attached hydrogens (tertiary/aromatic N) is 3. The molecule has 8 nitrogen and oxygen atoms in total. The highest BCUT2D eigenvalue weighted by Crippen LogP contribution is 2.32. The smallest absolute Gasteiger partial charge is 0.252 e. The molecule has 2 aromatic carbocycles. The zero-order valence-corrected chi connectivity index (χ0v) is 19.1. The molecule has 166 valence electrons. The number of hydrogen-bond acceptors (Lipinski definition) is 7. The van der Waals surface area contributed by atoms with Crippen LogP contribution in [0.15, 0.2) is 52.2 Å². The molecule has 1 N–H and O–H groups in total. The molecule has 4 aromatic rings. The maximum atomic E-state index is 13.8. The number of pyridine rings is 1. The number of sulfonamides is 1. The molecule has 1 saturated carbocycles. The van der Waals surface area contributed by atoms with E-state index >= 15 is 0 Å². The zero-order chi connectivity index (χ0) is 22.3.